The molecule has 15 heavy (non-hydrogen) atoms. The maximum atomic E-state index is 13.4. The average Bonchev–Trinajstić information content (AvgIpc) is 2.26. The van der Waals surface area contributed by atoms with Gasteiger partial charge in [-0.3, -0.25) is 0 Å². The highest BCUT2D eigenvalue weighted by Crippen LogP contribution is 2.16. The largest absolute Gasteiger partial charge is 0.382 e. The molecular formula is C11H13FN2S. The molecule has 0 aliphatic carbocycles. The van der Waals surface area contributed by atoms with Gasteiger partial charge in [-0.15, -0.1) is 0 Å². The van der Waals surface area contributed by atoms with Crippen molar-refractivity contribution in [3.63, 3.8) is 0 Å². The molecule has 0 aromatic heterocycles. The van der Waals surface area contributed by atoms with Gasteiger partial charge in [-0.25, -0.2) is 4.39 Å². The number of benzene rings is 1. The zero-order valence-corrected chi connectivity index (χ0v) is 9.57. The van der Waals surface area contributed by atoms with Gasteiger partial charge in [0.1, 0.15) is 5.82 Å². The highest BCUT2D eigenvalue weighted by molar-refractivity contribution is 7.99. The molecule has 80 valence electrons. The first kappa shape index (κ1) is 11.9. The molecule has 1 unspecified atom stereocenters. The van der Waals surface area contributed by atoms with Crippen molar-refractivity contribution in [3.05, 3.63) is 29.6 Å². The Kier molecular flexibility index (Phi) is 4.44. The van der Waals surface area contributed by atoms with Gasteiger partial charge in [0.15, 0.2) is 0 Å². The Morgan fingerprint density at radius 3 is 2.87 bits per heavy atom. The lowest BCUT2D eigenvalue weighted by Crippen LogP contribution is -2.13. The first-order chi connectivity index (χ1) is 7.17. The van der Waals surface area contributed by atoms with E-state index in [0.29, 0.717) is 23.0 Å². The van der Waals surface area contributed by atoms with Gasteiger partial charge < -0.3 is 5.32 Å². The van der Waals surface area contributed by atoms with E-state index in [2.05, 4.69) is 12.2 Å². The summed E-state index contributed by atoms with van der Waals surface area (Å²) in [5, 5.41) is 12.0. The molecule has 0 spiro atoms. The number of nitrogens with zero attached hydrogens (tertiary/aromatic N) is 1. The number of thioether (sulfide) groups is 1. The number of hydrogen-bond donors (Lipinski definition) is 1. The van der Waals surface area contributed by atoms with Gasteiger partial charge in [0.05, 0.1) is 17.3 Å². The molecule has 1 aromatic rings. The summed E-state index contributed by atoms with van der Waals surface area (Å²) in [5.74, 6) is -0.373. The SMILES string of the molecule is CSC(C)CNc1ccc(C#N)cc1F. The molecule has 0 saturated heterocycles. The maximum absolute atomic E-state index is 13.4. The smallest absolute Gasteiger partial charge is 0.147 e. The van der Waals surface area contributed by atoms with Crippen LogP contribution in [-0.2, 0) is 0 Å². The third-order valence-corrected chi connectivity index (χ3v) is 3.05. The molecule has 0 aliphatic heterocycles. The van der Waals surface area contributed by atoms with Gasteiger partial charge in [0.2, 0.25) is 0 Å². The number of nitrogens with one attached hydrogen (secondary N) is 1. The van der Waals surface area contributed by atoms with Crippen molar-refractivity contribution in [3.8, 4) is 6.07 Å². The minimum Gasteiger partial charge on any atom is -0.382 e. The molecule has 0 radical (unpaired) electrons. The second-order valence-corrected chi connectivity index (χ2v) is 4.51. The Morgan fingerprint density at radius 1 is 1.60 bits per heavy atom. The second-order valence-electron chi connectivity index (χ2n) is 3.23. The minimum absolute atomic E-state index is 0.343. The predicted molar refractivity (Wildman–Crippen MR) is 62.6 cm³/mol. The number of halogens is 1. The highest BCUT2D eigenvalue weighted by Gasteiger charge is 2.04. The number of hydrogen-bond acceptors (Lipinski definition) is 3. The fraction of sp³-hybridized carbons (Fsp3) is 0.364. The van der Waals surface area contributed by atoms with Crippen molar-refractivity contribution in [2.75, 3.05) is 18.1 Å². The van der Waals surface area contributed by atoms with Gasteiger partial charge in [-0.2, -0.15) is 17.0 Å². The van der Waals surface area contributed by atoms with Gasteiger partial charge in [-0.05, 0) is 24.5 Å². The summed E-state index contributed by atoms with van der Waals surface area (Å²) < 4.78 is 13.4. The Balaban J connectivity index is 2.67. The fourth-order valence-corrected chi connectivity index (χ4v) is 1.32. The Hall–Kier alpha value is -1.21. The van der Waals surface area contributed by atoms with E-state index in [1.165, 1.54) is 6.07 Å². The maximum Gasteiger partial charge on any atom is 0.147 e. The molecule has 0 saturated carbocycles. The van der Waals surface area contributed by atoms with Crippen LogP contribution in [0.5, 0.6) is 0 Å². The van der Waals surface area contributed by atoms with E-state index in [4.69, 9.17) is 5.26 Å². The standard InChI is InChI=1S/C11H13FN2S/c1-8(15-2)7-14-11-4-3-9(6-13)5-10(11)12/h3-5,8,14H,7H2,1-2H3. The van der Waals surface area contributed by atoms with E-state index in [-0.39, 0.29) is 5.82 Å². The van der Waals surface area contributed by atoms with E-state index in [1.807, 2.05) is 12.3 Å². The summed E-state index contributed by atoms with van der Waals surface area (Å²) in [6.07, 6.45) is 2.02. The molecule has 0 bridgehead atoms. The van der Waals surface area contributed by atoms with Crippen LogP contribution < -0.4 is 5.32 Å². The Morgan fingerprint density at radius 2 is 2.33 bits per heavy atom. The predicted octanol–water partition coefficient (Wildman–Crippen LogP) is 2.86. The number of anilines is 1. The molecular weight excluding hydrogens is 211 g/mol. The van der Waals surface area contributed by atoms with Gasteiger partial charge in [0, 0.05) is 11.8 Å². The van der Waals surface area contributed by atoms with Crippen molar-refractivity contribution in [2.45, 2.75) is 12.2 Å². The molecule has 1 atom stereocenters. The third-order valence-electron chi connectivity index (χ3n) is 2.08. The normalized spacial score (nSPS) is 11.9. The lowest BCUT2D eigenvalue weighted by atomic mass is 10.2. The van der Waals surface area contributed by atoms with E-state index < -0.39 is 0 Å². The van der Waals surface area contributed by atoms with Crippen molar-refractivity contribution in [2.24, 2.45) is 0 Å². The minimum atomic E-state index is -0.373. The summed E-state index contributed by atoms with van der Waals surface area (Å²) in [7, 11) is 0. The van der Waals surface area contributed by atoms with Crippen molar-refractivity contribution in [1.82, 2.24) is 0 Å². The molecule has 4 heteroatoms. The average molecular weight is 224 g/mol. The third kappa shape index (κ3) is 3.45. The van der Waals surface area contributed by atoms with E-state index in [9.17, 15) is 4.39 Å². The zero-order chi connectivity index (χ0) is 11.3. The molecule has 0 aliphatic rings. The van der Waals surface area contributed by atoms with Crippen LogP contribution in [0.1, 0.15) is 12.5 Å². The summed E-state index contributed by atoms with van der Waals surface area (Å²) >= 11 is 1.72. The summed E-state index contributed by atoms with van der Waals surface area (Å²) in [6.45, 7) is 2.78. The molecule has 0 fully saturated rings. The molecule has 1 rings (SSSR count). The Labute approximate surface area is 93.5 Å². The van der Waals surface area contributed by atoms with Crippen LogP contribution in [0.4, 0.5) is 10.1 Å². The van der Waals surface area contributed by atoms with Crippen molar-refractivity contribution in [1.29, 1.82) is 5.26 Å². The van der Waals surface area contributed by atoms with E-state index in [1.54, 1.807) is 23.9 Å². The van der Waals surface area contributed by atoms with Crippen LogP contribution in [0, 0.1) is 17.1 Å². The molecule has 1 N–H and O–H groups in total. The summed E-state index contributed by atoms with van der Waals surface area (Å²) in [6, 6.07) is 6.35. The van der Waals surface area contributed by atoms with E-state index >= 15 is 0 Å². The topological polar surface area (TPSA) is 35.8 Å². The van der Waals surface area contributed by atoms with Gasteiger partial charge in [-0.1, -0.05) is 6.92 Å². The molecule has 0 amide bonds. The quantitative estimate of drug-likeness (QED) is 0.854. The van der Waals surface area contributed by atoms with Gasteiger partial charge in [0.25, 0.3) is 0 Å². The Bertz CT molecular complexity index is 373. The highest BCUT2D eigenvalue weighted by atomic mass is 32.2. The molecule has 1 aromatic carbocycles. The van der Waals surface area contributed by atoms with Crippen LogP contribution in [0.25, 0.3) is 0 Å². The van der Waals surface area contributed by atoms with Crippen LogP contribution in [0.3, 0.4) is 0 Å². The van der Waals surface area contributed by atoms with Gasteiger partial charge >= 0.3 is 0 Å². The zero-order valence-electron chi connectivity index (χ0n) is 8.75. The second kappa shape index (κ2) is 5.62. The lowest BCUT2D eigenvalue weighted by molar-refractivity contribution is 0.629. The monoisotopic (exact) mass is 224 g/mol. The van der Waals surface area contributed by atoms with Crippen molar-refractivity contribution < 1.29 is 4.39 Å². The summed E-state index contributed by atoms with van der Waals surface area (Å²) in [4.78, 5) is 0. The molecule has 0 heterocycles. The van der Waals surface area contributed by atoms with Crippen LogP contribution >= 0.6 is 11.8 Å². The van der Waals surface area contributed by atoms with Crippen LogP contribution in [0.2, 0.25) is 0 Å². The summed E-state index contributed by atoms with van der Waals surface area (Å²) in [5.41, 5.74) is 0.797. The number of nitriles is 1. The van der Waals surface area contributed by atoms with Crippen molar-refractivity contribution >= 4 is 17.4 Å². The van der Waals surface area contributed by atoms with Crippen LogP contribution in [-0.4, -0.2) is 18.1 Å². The van der Waals surface area contributed by atoms with Crippen LogP contribution in [0.15, 0.2) is 18.2 Å². The fourth-order valence-electron chi connectivity index (χ4n) is 1.07. The van der Waals surface area contributed by atoms with E-state index in [0.717, 1.165) is 0 Å². The number of rotatable bonds is 4. The first-order valence-corrected chi connectivity index (χ1v) is 5.92. The molecule has 2 nitrogen and oxygen atoms in total. The first-order valence-electron chi connectivity index (χ1n) is 4.63. The lowest BCUT2D eigenvalue weighted by Gasteiger charge is -2.11.